The Bertz CT molecular complexity index is 520. The van der Waals surface area contributed by atoms with Gasteiger partial charge in [0.1, 0.15) is 0 Å². The van der Waals surface area contributed by atoms with Gasteiger partial charge >= 0.3 is 5.48 Å². The average molecular weight is 579 g/mol. The van der Waals surface area contributed by atoms with E-state index in [1.54, 1.807) is 0 Å². The van der Waals surface area contributed by atoms with Gasteiger partial charge in [-0.3, -0.25) is 0 Å². The van der Waals surface area contributed by atoms with Gasteiger partial charge < -0.3 is 19.8 Å². The molecule has 0 aromatic heterocycles. The van der Waals surface area contributed by atoms with E-state index in [2.05, 4.69) is 38.2 Å². The molecule has 0 spiro atoms. The lowest BCUT2D eigenvalue weighted by Gasteiger charge is -2.01. The van der Waals surface area contributed by atoms with Crippen molar-refractivity contribution in [2.75, 3.05) is 0 Å². The first-order chi connectivity index (χ1) is 19.5. The number of carbonyl (C=O) groups excluding carboxylic acids is 2. The van der Waals surface area contributed by atoms with Crippen molar-refractivity contribution >= 4 is 11.9 Å². The standard InChI is InChI=1S/2C18H34O2.O/c2*1-2-3-4-5-6-7-8-9-10-11-12-13-14-15-16-17-18(19)20;/h2*9-10H,2-8,11-17H2,1H3,(H,19,20);/q;;+2/p-2. The van der Waals surface area contributed by atoms with Crippen molar-refractivity contribution in [3.63, 3.8) is 0 Å². The van der Waals surface area contributed by atoms with Crippen LogP contribution in [0.4, 0.5) is 0 Å². The molecule has 0 amide bonds. The second kappa shape index (κ2) is 40.5. The Kier molecular flexibility index (Phi) is 43.3. The predicted octanol–water partition coefficient (Wildman–Crippen LogP) is 9.43. The smallest absolute Gasteiger partial charge is 0.550 e. The van der Waals surface area contributed by atoms with Crippen molar-refractivity contribution in [3.8, 4) is 0 Å². The summed E-state index contributed by atoms with van der Waals surface area (Å²) in [6.07, 6.45) is 41.8. The quantitative estimate of drug-likeness (QED) is 0.0624. The van der Waals surface area contributed by atoms with E-state index in [1.807, 2.05) is 0 Å². The number of unbranched alkanes of at least 4 members (excludes halogenated alkanes) is 22. The van der Waals surface area contributed by atoms with Gasteiger partial charge in [0, 0.05) is 11.9 Å². The monoisotopic (exact) mass is 578 g/mol. The van der Waals surface area contributed by atoms with Gasteiger partial charge in [0.05, 0.1) is 0 Å². The molecule has 0 fully saturated rings. The van der Waals surface area contributed by atoms with Crippen LogP contribution < -0.4 is 10.2 Å². The SMILES string of the molecule is CCCCCCCCC=CCCCCCCCC(=O)[O-].CCCCCCCCC=CCCCCCCCC(=O)[O-].[O+2]. The number of aliphatic carboxylic acids is 2. The van der Waals surface area contributed by atoms with Crippen molar-refractivity contribution < 1.29 is 25.3 Å². The van der Waals surface area contributed by atoms with E-state index in [0.717, 1.165) is 38.5 Å². The van der Waals surface area contributed by atoms with Crippen LogP contribution in [0.1, 0.15) is 194 Å². The summed E-state index contributed by atoms with van der Waals surface area (Å²) in [5, 5.41) is 20.4. The highest BCUT2D eigenvalue weighted by Crippen LogP contribution is 2.11. The summed E-state index contributed by atoms with van der Waals surface area (Å²) in [6, 6.07) is 0. The first kappa shape index (κ1) is 43.8. The van der Waals surface area contributed by atoms with Crippen LogP contribution in [-0.2, 0) is 15.1 Å². The second-order valence-electron chi connectivity index (χ2n) is 11.4. The van der Waals surface area contributed by atoms with Gasteiger partial charge in [-0.25, -0.2) is 0 Å². The molecule has 0 aromatic rings. The van der Waals surface area contributed by atoms with E-state index >= 15 is 0 Å². The van der Waals surface area contributed by atoms with E-state index in [9.17, 15) is 19.8 Å². The topological polar surface area (TPSA) is 109 Å². The fraction of sp³-hybridized carbons (Fsp3) is 0.833. The van der Waals surface area contributed by atoms with E-state index in [1.165, 1.54) is 128 Å². The largest absolute Gasteiger partial charge is 2.00 e. The van der Waals surface area contributed by atoms with Gasteiger partial charge in [0.15, 0.2) is 0 Å². The Morgan fingerprint density at radius 1 is 0.390 bits per heavy atom. The molecule has 0 saturated heterocycles. The summed E-state index contributed by atoms with van der Waals surface area (Å²) in [7, 11) is 0. The molecule has 41 heavy (non-hydrogen) atoms. The minimum absolute atomic E-state index is 0. The van der Waals surface area contributed by atoms with Crippen LogP contribution in [0, 0.1) is 0 Å². The van der Waals surface area contributed by atoms with E-state index in [0.29, 0.717) is 0 Å². The normalized spacial score (nSPS) is 11.0. The molecule has 0 aliphatic heterocycles. The number of carboxylic acids is 2. The summed E-state index contributed by atoms with van der Waals surface area (Å²) in [6.45, 7) is 4.51. The highest BCUT2D eigenvalue weighted by Gasteiger charge is 2.00. The van der Waals surface area contributed by atoms with Gasteiger partial charge in [0.2, 0.25) is 0 Å². The minimum atomic E-state index is -0.914. The maximum Gasteiger partial charge on any atom is 2.00 e. The summed E-state index contributed by atoms with van der Waals surface area (Å²) in [5.74, 6) is -1.83. The molecular formula is C36H66O5. The molecule has 0 aromatic carbocycles. The first-order valence-corrected chi connectivity index (χ1v) is 17.2. The fourth-order valence-electron chi connectivity index (χ4n) is 4.68. The Balaban J connectivity index is -0.000000688. The Labute approximate surface area is 255 Å². The Hall–Kier alpha value is -1.62. The number of hydrogen-bond donors (Lipinski definition) is 0. The third-order valence-electron chi connectivity index (χ3n) is 7.29. The van der Waals surface area contributed by atoms with Crippen LogP contribution in [0.5, 0.6) is 0 Å². The zero-order valence-electron chi connectivity index (χ0n) is 27.1. The Morgan fingerprint density at radius 3 is 0.854 bits per heavy atom. The number of rotatable bonds is 30. The Morgan fingerprint density at radius 2 is 0.610 bits per heavy atom. The first-order valence-electron chi connectivity index (χ1n) is 17.2. The van der Waals surface area contributed by atoms with Gasteiger partial charge in [-0.05, 0) is 77.0 Å². The van der Waals surface area contributed by atoms with Gasteiger partial charge in [-0.15, -0.1) is 0 Å². The molecular weight excluding hydrogens is 512 g/mol. The zero-order valence-corrected chi connectivity index (χ0v) is 27.1. The van der Waals surface area contributed by atoms with Crippen molar-refractivity contribution in [2.45, 2.75) is 194 Å². The maximum absolute atomic E-state index is 10.2. The van der Waals surface area contributed by atoms with Crippen LogP contribution >= 0.6 is 0 Å². The average Bonchev–Trinajstić information content (AvgIpc) is 2.93. The molecule has 0 bridgehead atoms. The molecule has 0 saturated carbocycles. The molecule has 240 valence electrons. The van der Waals surface area contributed by atoms with Crippen molar-refractivity contribution in [1.29, 1.82) is 0 Å². The molecule has 0 rings (SSSR count). The number of hydrogen-bond acceptors (Lipinski definition) is 4. The third kappa shape index (κ3) is 48.4. The molecule has 0 atom stereocenters. The van der Waals surface area contributed by atoms with Crippen molar-refractivity contribution in [3.05, 3.63) is 24.3 Å². The summed E-state index contributed by atoms with van der Waals surface area (Å²) in [4.78, 5) is 20.4. The summed E-state index contributed by atoms with van der Waals surface area (Å²) in [5.41, 5.74) is 0. The molecule has 5 heteroatoms. The van der Waals surface area contributed by atoms with Crippen LogP contribution in [0.2, 0.25) is 0 Å². The highest BCUT2D eigenvalue weighted by molar-refractivity contribution is 5.64. The number of carboxylic acid groups (broad SMARTS) is 2. The lowest BCUT2D eigenvalue weighted by Crippen LogP contribution is -2.21. The van der Waals surface area contributed by atoms with Gasteiger partial charge in [-0.2, -0.15) is 0 Å². The van der Waals surface area contributed by atoms with Crippen LogP contribution in [-0.4, -0.2) is 11.9 Å². The maximum atomic E-state index is 10.2. The van der Waals surface area contributed by atoms with Crippen LogP contribution in [0.15, 0.2) is 24.3 Å². The molecule has 0 aliphatic rings. The zero-order chi connectivity index (χ0) is 29.8. The lowest BCUT2D eigenvalue weighted by atomic mass is 10.1. The molecule has 0 N–H and O–H groups in total. The van der Waals surface area contributed by atoms with E-state index < -0.39 is 11.9 Å². The predicted molar refractivity (Wildman–Crippen MR) is 170 cm³/mol. The van der Waals surface area contributed by atoms with E-state index in [4.69, 9.17) is 0 Å². The third-order valence-corrected chi connectivity index (χ3v) is 7.29. The highest BCUT2D eigenvalue weighted by atomic mass is 16.4. The summed E-state index contributed by atoms with van der Waals surface area (Å²) < 4.78 is 0. The number of carbonyl (C=O) groups is 2. The van der Waals surface area contributed by atoms with Gasteiger partial charge in [-0.1, -0.05) is 141 Å². The molecule has 0 aliphatic carbocycles. The van der Waals surface area contributed by atoms with Gasteiger partial charge in [0.25, 0.3) is 0 Å². The van der Waals surface area contributed by atoms with Crippen molar-refractivity contribution in [2.24, 2.45) is 0 Å². The van der Waals surface area contributed by atoms with Crippen molar-refractivity contribution in [1.82, 2.24) is 0 Å². The van der Waals surface area contributed by atoms with Crippen LogP contribution in [0.3, 0.4) is 0 Å². The molecule has 4 radical (unpaired) electrons. The van der Waals surface area contributed by atoms with Crippen LogP contribution in [0.25, 0.3) is 0 Å². The minimum Gasteiger partial charge on any atom is -0.550 e. The lowest BCUT2D eigenvalue weighted by molar-refractivity contribution is -0.307. The summed E-state index contributed by atoms with van der Waals surface area (Å²) >= 11 is 0. The molecule has 0 heterocycles. The second-order valence-corrected chi connectivity index (χ2v) is 11.4. The fourth-order valence-corrected chi connectivity index (χ4v) is 4.68. The molecule has 0 unspecified atom stereocenters. The number of allylic oxidation sites excluding steroid dienone is 4. The van der Waals surface area contributed by atoms with E-state index in [-0.39, 0.29) is 18.3 Å². The molecule has 5 nitrogen and oxygen atoms in total.